The number of anilines is 3. The lowest BCUT2D eigenvalue weighted by atomic mass is 10.1. The molecule has 0 saturated carbocycles. The van der Waals surface area contributed by atoms with Crippen LogP contribution in [0.15, 0.2) is 36.4 Å². The molecular formula is C20H23N3O4S. The van der Waals surface area contributed by atoms with Crippen molar-refractivity contribution in [3.63, 3.8) is 0 Å². The molecule has 8 heteroatoms. The molecule has 148 valence electrons. The largest absolute Gasteiger partial charge is 0.318 e. The first-order chi connectivity index (χ1) is 13.2. The van der Waals surface area contributed by atoms with Crippen LogP contribution < -0.4 is 14.9 Å². The molecule has 7 nitrogen and oxygen atoms in total. The molecule has 2 aromatic rings. The molecule has 1 saturated heterocycles. The van der Waals surface area contributed by atoms with Crippen LogP contribution in [0.5, 0.6) is 0 Å². The summed E-state index contributed by atoms with van der Waals surface area (Å²) in [6.07, 6.45) is 0.566. The van der Waals surface area contributed by atoms with E-state index in [0.29, 0.717) is 30.0 Å². The van der Waals surface area contributed by atoms with Crippen LogP contribution in [-0.4, -0.2) is 32.5 Å². The molecular weight excluding hydrogens is 378 g/mol. The van der Waals surface area contributed by atoms with E-state index in [1.165, 1.54) is 4.31 Å². The molecule has 0 aromatic heterocycles. The molecule has 0 bridgehead atoms. The van der Waals surface area contributed by atoms with Crippen molar-refractivity contribution in [2.75, 3.05) is 27.2 Å². The van der Waals surface area contributed by atoms with Crippen molar-refractivity contribution < 1.29 is 18.0 Å². The van der Waals surface area contributed by atoms with Gasteiger partial charge in [0.15, 0.2) is 0 Å². The molecule has 2 N–H and O–H groups in total. The summed E-state index contributed by atoms with van der Waals surface area (Å²) >= 11 is 0. The SMILES string of the molecule is Cc1ccc(N2CCCS2(=O)=O)cc1NC(=O)C(=O)Nc1cccc(C)c1C. The molecule has 1 aliphatic rings. The summed E-state index contributed by atoms with van der Waals surface area (Å²) < 4.78 is 25.6. The third-order valence-electron chi connectivity index (χ3n) is 4.92. The van der Waals surface area contributed by atoms with Crippen molar-refractivity contribution in [3.8, 4) is 0 Å². The van der Waals surface area contributed by atoms with Gasteiger partial charge in [-0.15, -0.1) is 0 Å². The average Bonchev–Trinajstić information content (AvgIpc) is 3.00. The molecule has 0 atom stereocenters. The molecule has 2 amide bonds. The molecule has 1 heterocycles. The van der Waals surface area contributed by atoms with Gasteiger partial charge in [0.25, 0.3) is 0 Å². The fourth-order valence-electron chi connectivity index (χ4n) is 3.07. The van der Waals surface area contributed by atoms with E-state index in [4.69, 9.17) is 0 Å². The van der Waals surface area contributed by atoms with Crippen LogP contribution in [0.4, 0.5) is 17.1 Å². The van der Waals surface area contributed by atoms with E-state index in [2.05, 4.69) is 10.6 Å². The summed E-state index contributed by atoms with van der Waals surface area (Å²) in [6, 6.07) is 10.5. The highest BCUT2D eigenvalue weighted by molar-refractivity contribution is 7.93. The Morgan fingerprint density at radius 2 is 1.61 bits per heavy atom. The summed E-state index contributed by atoms with van der Waals surface area (Å²) in [6.45, 7) is 5.98. The number of sulfonamides is 1. The monoisotopic (exact) mass is 401 g/mol. The fraction of sp³-hybridized carbons (Fsp3) is 0.300. The Kier molecular flexibility index (Phi) is 5.42. The van der Waals surface area contributed by atoms with Crippen molar-refractivity contribution in [1.29, 1.82) is 0 Å². The van der Waals surface area contributed by atoms with Gasteiger partial charge >= 0.3 is 11.8 Å². The molecule has 0 spiro atoms. The van der Waals surface area contributed by atoms with Gasteiger partial charge in [0.05, 0.1) is 11.4 Å². The van der Waals surface area contributed by atoms with Gasteiger partial charge < -0.3 is 10.6 Å². The third kappa shape index (κ3) is 4.01. The molecule has 1 fully saturated rings. The molecule has 3 rings (SSSR count). The van der Waals surface area contributed by atoms with E-state index in [9.17, 15) is 18.0 Å². The number of carbonyl (C=O) groups is 2. The maximum Gasteiger partial charge on any atom is 0.314 e. The van der Waals surface area contributed by atoms with E-state index in [1.807, 2.05) is 19.9 Å². The molecule has 28 heavy (non-hydrogen) atoms. The van der Waals surface area contributed by atoms with E-state index >= 15 is 0 Å². The lowest BCUT2D eigenvalue weighted by Crippen LogP contribution is -2.30. The highest BCUT2D eigenvalue weighted by Crippen LogP contribution is 2.28. The standard InChI is InChI=1S/C20H23N3O4S/c1-13-6-4-7-17(15(13)3)21-19(24)20(25)22-18-12-16(9-8-14(18)2)23-10-5-11-28(23,26)27/h4,6-9,12H,5,10-11H2,1-3H3,(H,21,24)(H,22,25). The van der Waals surface area contributed by atoms with E-state index < -0.39 is 21.8 Å². The van der Waals surface area contributed by atoms with Gasteiger partial charge in [-0.3, -0.25) is 13.9 Å². The lowest BCUT2D eigenvalue weighted by Gasteiger charge is -2.19. The van der Waals surface area contributed by atoms with Crippen LogP contribution in [0, 0.1) is 20.8 Å². The van der Waals surface area contributed by atoms with Gasteiger partial charge in [0.1, 0.15) is 0 Å². The van der Waals surface area contributed by atoms with Gasteiger partial charge in [-0.25, -0.2) is 8.42 Å². The van der Waals surface area contributed by atoms with Crippen LogP contribution in [0.2, 0.25) is 0 Å². The molecule has 0 aliphatic carbocycles. The third-order valence-corrected chi connectivity index (χ3v) is 6.79. The zero-order valence-electron chi connectivity index (χ0n) is 16.1. The second-order valence-electron chi connectivity index (χ2n) is 6.90. The van der Waals surface area contributed by atoms with Crippen LogP contribution in [-0.2, 0) is 19.6 Å². The van der Waals surface area contributed by atoms with E-state index in [0.717, 1.165) is 16.7 Å². The number of aryl methyl sites for hydroxylation is 2. The predicted molar refractivity (Wildman–Crippen MR) is 110 cm³/mol. The lowest BCUT2D eigenvalue weighted by molar-refractivity contribution is -0.133. The number of hydrogen-bond donors (Lipinski definition) is 2. The van der Waals surface area contributed by atoms with Gasteiger partial charge in [0, 0.05) is 17.9 Å². The Morgan fingerprint density at radius 3 is 2.25 bits per heavy atom. The summed E-state index contributed by atoms with van der Waals surface area (Å²) in [5.41, 5.74) is 4.09. The van der Waals surface area contributed by atoms with Crippen molar-refractivity contribution in [1.82, 2.24) is 0 Å². The first-order valence-corrected chi connectivity index (χ1v) is 10.6. The Morgan fingerprint density at radius 1 is 0.929 bits per heavy atom. The van der Waals surface area contributed by atoms with Gasteiger partial charge in [0.2, 0.25) is 10.0 Å². The summed E-state index contributed by atoms with van der Waals surface area (Å²) in [5.74, 6) is -1.49. The Bertz CT molecular complexity index is 1050. The number of benzene rings is 2. The minimum Gasteiger partial charge on any atom is -0.318 e. The molecule has 1 aliphatic heterocycles. The van der Waals surface area contributed by atoms with E-state index in [-0.39, 0.29) is 5.75 Å². The zero-order valence-corrected chi connectivity index (χ0v) is 16.9. The van der Waals surface area contributed by atoms with Crippen LogP contribution in [0.1, 0.15) is 23.1 Å². The second kappa shape index (κ2) is 7.63. The highest BCUT2D eigenvalue weighted by Gasteiger charge is 2.29. The fourth-order valence-corrected chi connectivity index (χ4v) is 4.63. The molecule has 0 unspecified atom stereocenters. The number of nitrogens with one attached hydrogen (secondary N) is 2. The Hall–Kier alpha value is -2.87. The number of hydrogen-bond acceptors (Lipinski definition) is 4. The Balaban J connectivity index is 1.77. The van der Waals surface area contributed by atoms with Gasteiger partial charge in [-0.2, -0.15) is 0 Å². The zero-order chi connectivity index (χ0) is 20.5. The number of rotatable bonds is 3. The predicted octanol–water partition coefficient (Wildman–Crippen LogP) is 2.73. The normalized spacial score (nSPS) is 15.3. The van der Waals surface area contributed by atoms with Crippen molar-refractivity contribution in [2.45, 2.75) is 27.2 Å². The minimum atomic E-state index is -3.32. The second-order valence-corrected chi connectivity index (χ2v) is 8.91. The minimum absolute atomic E-state index is 0.112. The van der Waals surface area contributed by atoms with Crippen molar-refractivity contribution in [2.24, 2.45) is 0 Å². The number of amides is 2. The first-order valence-electron chi connectivity index (χ1n) is 8.98. The smallest absolute Gasteiger partial charge is 0.314 e. The highest BCUT2D eigenvalue weighted by atomic mass is 32.2. The topological polar surface area (TPSA) is 95.6 Å². The maximum atomic E-state index is 12.4. The Labute approximate surface area is 164 Å². The first kappa shape index (κ1) is 19.9. The van der Waals surface area contributed by atoms with E-state index in [1.54, 1.807) is 37.3 Å². The summed E-state index contributed by atoms with van der Waals surface area (Å²) in [7, 11) is -3.32. The van der Waals surface area contributed by atoms with Crippen LogP contribution >= 0.6 is 0 Å². The van der Waals surface area contributed by atoms with Crippen LogP contribution in [0.3, 0.4) is 0 Å². The number of carbonyl (C=O) groups excluding carboxylic acids is 2. The van der Waals surface area contributed by atoms with Gasteiger partial charge in [-0.05, 0) is 62.1 Å². The number of nitrogens with zero attached hydrogens (tertiary/aromatic N) is 1. The summed E-state index contributed by atoms with van der Waals surface area (Å²) in [5, 5.41) is 5.20. The van der Waals surface area contributed by atoms with Crippen LogP contribution in [0.25, 0.3) is 0 Å². The quantitative estimate of drug-likeness (QED) is 0.773. The average molecular weight is 401 g/mol. The van der Waals surface area contributed by atoms with Gasteiger partial charge in [-0.1, -0.05) is 18.2 Å². The molecule has 2 aromatic carbocycles. The summed E-state index contributed by atoms with van der Waals surface area (Å²) in [4.78, 5) is 24.7. The molecule has 0 radical (unpaired) electrons. The van der Waals surface area contributed by atoms with Crippen molar-refractivity contribution in [3.05, 3.63) is 53.1 Å². The maximum absolute atomic E-state index is 12.4. The van der Waals surface area contributed by atoms with Crippen molar-refractivity contribution >= 4 is 38.9 Å².